The summed E-state index contributed by atoms with van der Waals surface area (Å²) in [5, 5.41) is 3.51. The highest BCUT2D eigenvalue weighted by Crippen LogP contribution is 2.31. The second-order valence-corrected chi connectivity index (χ2v) is 4.11. The lowest BCUT2D eigenvalue weighted by Crippen LogP contribution is -2.15. The van der Waals surface area contributed by atoms with Gasteiger partial charge in [0.05, 0.1) is 13.7 Å². The fourth-order valence-corrected chi connectivity index (χ4v) is 2.35. The van der Waals surface area contributed by atoms with E-state index in [4.69, 9.17) is 9.47 Å². The number of rotatable bonds is 4. The molecule has 1 aliphatic rings. The van der Waals surface area contributed by atoms with E-state index in [0.717, 1.165) is 12.3 Å². The zero-order valence-corrected chi connectivity index (χ0v) is 9.95. The summed E-state index contributed by atoms with van der Waals surface area (Å²) in [6.45, 7) is 1.71. The second-order valence-electron chi connectivity index (χ2n) is 4.11. The molecule has 16 heavy (non-hydrogen) atoms. The van der Waals surface area contributed by atoms with Crippen LogP contribution in [0.5, 0.6) is 5.75 Å². The predicted molar refractivity (Wildman–Crippen MR) is 63.7 cm³/mol. The van der Waals surface area contributed by atoms with Crippen molar-refractivity contribution in [2.45, 2.75) is 25.5 Å². The maximum absolute atomic E-state index is 5.39. The molecule has 1 unspecified atom stereocenters. The molecule has 88 valence electrons. The zero-order chi connectivity index (χ0) is 11.4. The quantitative estimate of drug-likeness (QED) is 0.846. The van der Waals surface area contributed by atoms with E-state index in [1.165, 1.54) is 24.0 Å². The maximum Gasteiger partial charge on any atom is 0.124 e. The predicted octanol–water partition coefficient (Wildman–Crippen LogP) is 2.27. The summed E-state index contributed by atoms with van der Waals surface area (Å²) in [5.74, 6) is 0.924. The molecule has 0 bridgehead atoms. The lowest BCUT2D eigenvalue weighted by molar-refractivity contribution is 0.180. The van der Waals surface area contributed by atoms with Gasteiger partial charge in [0.2, 0.25) is 0 Å². The van der Waals surface area contributed by atoms with E-state index in [0.29, 0.717) is 12.6 Å². The maximum atomic E-state index is 5.39. The van der Waals surface area contributed by atoms with Crippen LogP contribution in [0.2, 0.25) is 0 Å². The SMILES string of the molecule is COCc1c(OC)cccc1C1CCCN1. The first-order valence-corrected chi connectivity index (χ1v) is 5.75. The van der Waals surface area contributed by atoms with E-state index in [2.05, 4.69) is 11.4 Å². The first-order chi connectivity index (χ1) is 7.86. The molecule has 0 aliphatic carbocycles. The topological polar surface area (TPSA) is 30.5 Å². The Morgan fingerprint density at radius 3 is 2.88 bits per heavy atom. The Balaban J connectivity index is 2.33. The van der Waals surface area contributed by atoms with Crippen LogP contribution in [0.1, 0.15) is 30.0 Å². The zero-order valence-electron chi connectivity index (χ0n) is 9.95. The van der Waals surface area contributed by atoms with Gasteiger partial charge in [-0.3, -0.25) is 0 Å². The second kappa shape index (κ2) is 5.32. The van der Waals surface area contributed by atoms with Crippen molar-refractivity contribution < 1.29 is 9.47 Å². The minimum atomic E-state index is 0.459. The minimum absolute atomic E-state index is 0.459. The van der Waals surface area contributed by atoms with Crippen molar-refractivity contribution in [1.29, 1.82) is 0 Å². The Hall–Kier alpha value is -1.06. The van der Waals surface area contributed by atoms with Crippen LogP contribution in [0.4, 0.5) is 0 Å². The molecule has 3 nitrogen and oxygen atoms in total. The summed E-state index contributed by atoms with van der Waals surface area (Å²) in [6, 6.07) is 6.67. The van der Waals surface area contributed by atoms with E-state index in [1.807, 2.05) is 12.1 Å². The van der Waals surface area contributed by atoms with E-state index in [9.17, 15) is 0 Å². The average Bonchev–Trinajstić information content (AvgIpc) is 2.83. The van der Waals surface area contributed by atoms with Crippen molar-refractivity contribution in [3.63, 3.8) is 0 Å². The highest BCUT2D eigenvalue weighted by atomic mass is 16.5. The van der Waals surface area contributed by atoms with Gasteiger partial charge in [0.25, 0.3) is 0 Å². The first kappa shape index (κ1) is 11.4. The Morgan fingerprint density at radius 2 is 2.25 bits per heavy atom. The van der Waals surface area contributed by atoms with Crippen molar-refractivity contribution in [3.05, 3.63) is 29.3 Å². The smallest absolute Gasteiger partial charge is 0.124 e. The fourth-order valence-electron chi connectivity index (χ4n) is 2.35. The lowest BCUT2D eigenvalue weighted by Gasteiger charge is -2.18. The van der Waals surface area contributed by atoms with Crippen molar-refractivity contribution in [2.24, 2.45) is 0 Å². The molecule has 0 aromatic heterocycles. The summed E-state index contributed by atoms with van der Waals surface area (Å²) in [7, 11) is 3.43. The van der Waals surface area contributed by atoms with Crippen LogP contribution in [0.3, 0.4) is 0 Å². The lowest BCUT2D eigenvalue weighted by atomic mass is 9.98. The molecule has 0 amide bonds. The molecule has 1 N–H and O–H groups in total. The molecular formula is C13H19NO2. The van der Waals surface area contributed by atoms with Crippen molar-refractivity contribution in [1.82, 2.24) is 5.32 Å². The van der Waals surface area contributed by atoms with Gasteiger partial charge in [-0.15, -0.1) is 0 Å². The van der Waals surface area contributed by atoms with Gasteiger partial charge in [0, 0.05) is 18.7 Å². The van der Waals surface area contributed by atoms with Gasteiger partial charge in [-0.25, -0.2) is 0 Å². The summed E-state index contributed by atoms with van der Waals surface area (Å²) in [6.07, 6.45) is 2.44. The number of hydrogen-bond acceptors (Lipinski definition) is 3. The highest BCUT2D eigenvalue weighted by molar-refractivity contribution is 5.41. The Morgan fingerprint density at radius 1 is 1.38 bits per heavy atom. The number of nitrogens with one attached hydrogen (secondary N) is 1. The normalized spacial score (nSPS) is 20.0. The van der Waals surface area contributed by atoms with Crippen LogP contribution < -0.4 is 10.1 Å². The van der Waals surface area contributed by atoms with Gasteiger partial charge in [-0.2, -0.15) is 0 Å². The fraction of sp³-hybridized carbons (Fsp3) is 0.538. The third-order valence-electron chi connectivity index (χ3n) is 3.11. The molecule has 1 aromatic rings. The Labute approximate surface area is 96.8 Å². The number of ether oxygens (including phenoxy) is 2. The molecular weight excluding hydrogens is 202 g/mol. The first-order valence-electron chi connectivity index (χ1n) is 5.75. The molecule has 2 rings (SSSR count). The van der Waals surface area contributed by atoms with Crippen molar-refractivity contribution in [3.8, 4) is 5.75 Å². The molecule has 1 fully saturated rings. The summed E-state index contributed by atoms with van der Waals surface area (Å²) >= 11 is 0. The largest absolute Gasteiger partial charge is 0.496 e. The summed E-state index contributed by atoms with van der Waals surface area (Å²) in [5.41, 5.74) is 2.49. The van der Waals surface area contributed by atoms with Crippen LogP contribution in [0.25, 0.3) is 0 Å². The average molecular weight is 221 g/mol. The molecule has 0 spiro atoms. The monoisotopic (exact) mass is 221 g/mol. The van der Waals surface area contributed by atoms with Crippen LogP contribution in [-0.4, -0.2) is 20.8 Å². The number of benzene rings is 1. The van der Waals surface area contributed by atoms with Gasteiger partial charge >= 0.3 is 0 Å². The van der Waals surface area contributed by atoms with Gasteiger partial charge in [-0.05, 0) is 31.0 Å². The molecule has 3 heteroatoms. The minimum Gasteiger partial charge on any atom is -0.496 e. The standard InChI is InChI=1S/C13H19NO2/c1-15-9-11-10(12-6-4-8-14-12)5-3-7-13(11)16-2/h3,5,7,12,14H,4,6,8-9H2,1-2H3. The molecule has 1 atom stereocenters. The van der Waals surface area contributed by atoms with E-state index < -0.39 is 0 Å². The summed E-state index contributed by atoms with van der Waals surface area (Å²) < 4.78 is 10.7. The molecule has 0 saturated carbocycles. The molecule has 1 saturated heterocycles. The van der Waals surface area contributed by atoms with E-state index >= 15 is 0 Å². The van der Waals surface area contributed by atoms with Crippen LogP contribution in [0.15, 0.2) is 18.2 Å². The van der Waals surface area contributed by atoms with Gasteiger partial charge in [0.15, 0.2) is 0 Å². The Bertz CT molecular complexity index is 346. The molecule has 0 radical (unpaired) electrons. The van der Waals surface area contributed by atoms with Crippen molar-refractivity contribution >= 4 is 0 Å². The van der Waals surface area contributed by atoms with E-state index in [1.54, 1.807) is 14.2 Å². The van der Waals surface area contributed by atoms with E-state index in [-0.39, 0.29) is 0 Å². The summed E-state index contributed by atoms with van der Waals surface area (Å²) in [4.78, 5) is 0. The third-order valence-corrected chi connectivity index (χ3v) is 3.11. The molecule has 1 aliphatic heterocycles. The van der Waals surface area contributed by atoms with Crippen LogP contribution in [-0.2, 0) is 11.3 Å². The van der Waals surface area contributed by atoms with Gasteiger partial charge < -0.3 is 14.8 Å². The third kappa shape index (κ3) is 2.20. The van der Waals surface area contributed by atoms with Gasteiger partial charge in [-0.1, -0.05) is 12.1 Å². The van der Waals surface area contributed by atoms with Crippen LogP contribution >= 0.6 is 0 Å². The Kier molecular flexibility index (Phi) is 3.80. The highest BCUT2D eigenvalue weighted by Gasteiger charge is 2.20. The number of hydrogen-bond donors (Lipinski definition) is 1. The van der Waals surface area contributed by atoms with Gasteiger partial charge in [0.1, 0.15) is 5.75 Å². The van der Waals surface area contributed by atoms with Crippen molar-refractivity contribution in [2.75, 3.05) is 20.8 Å². The molecule has 1 heterocycles. The molecule has 1 aromatic carbocycles. The van der Waals surface area contributed by atoms with Crippen LogP contribution in [0, 0.1) is 0 Å². The number of methoxy groups -OCH3 is 2.